The summed E-state index contributed by atoms with van der Waals surface area (Å²) in [6, 6.07) is 0. The molecule has 6 heteroatoms. The van der Waals surface area contributed by atoms with Gasteiger partial charge in [0, 0.05) is 12.5 Å². The van der Waals surface area contributed by atoms with E-state index in [1.165, 1.54) is 0 Å². The van der Waals surface area contributed by atoms with Crippen LogP contribution in [0.2, 0.25) is 0 Å². The van der Waals surface area contributed by atoms with E-state index in [9.17, 15) is 18.0 Å². The lowest BCUT2D eigenvalue weighted by atomic mass is 9.71. The fourth-order valence-electron chi connectivity index (χ4n) is 2.69. The van der Waals surface area contributed by atoms with E-state index in [-0.39, 0.29) is 23.8 Å². The van der Waals surface area contributed by atoms with Gasteiger partial charge in [-0.1, -0.05) is 0 Å². The van der Waals surface area contributed by atoms with Crippen molar-refractivity contribution in [3.63, 3.8) is 0 Å². The van der Waals surface area contributed by atoms with E-state index < -0.39 is 12.7 Å². The van der Waals surface area contributed by atoms with Gasteiger partial charge in [-0.05, 0) is 32.1 Å². The summed E-state index contributed by atoms with van der Waals surface area (Å²) in [6.07, 6.45) is 0.131. The van der Waals surface area contributed by atoms with Crippen molar-refractivity contribution in [3.8, 4) is 0 Å². The molecule has 1 atom stereocenters. The average Bonchev–Trinajstić information content (AvgIpc) is 2.25. The van der Waals surface area contributed by atoms with Gasteiger partial charge in [0.25, 0.3) is 0 Å². The third-order valence-corrected chi connectivity index (χ3v) is 3.84. The predicted octanol–water partition coefficient (Wildman–Crippen LogP) is 2.06. The van der Waals surface area contributed by atoms with Crippen LogP contribution in [-0.4, -0.2) is 37.3 Å². The van der Waals surface area contributed by atoms with Gasteiger partial charge in [0.2, 0.25) is 0 Å². The largest absolute Gasteiger partial charge is 0.401 e. The Morgan fingerprint density at radius 3 is 2.67 bits per heavy atom. The van der Waals surface area contributed by atoms with Gasteiger partial charge >= 0.3 is 6.18 Å². The molecule has 1 unspecified atom stereocenters. The van der Waals surface area contributed by atoms with Crippen molar-refractivity contribution >= 4 is 5.78 Å². The van der Waals surface area contributed by atoms with Crippen LogP contribution in [0.25, 0.3) is 0 Å². The fraction of sp³-hybridized carbons (Fsp3) is 0.917. The van der Waals surface area contributed by atoms with Crippen LogP contribution in [0.15, 0.2) is 0 Å². The van der Waals surface area contributed by atoms with E-state index in [0.717, 1.165) is 19.3 Å². The second-order valence-electron chi connectivity index (χ2n) is 5.26. The van der Waals surface area contributed by atoms with Gasteiger partial charge in [0.1, 0.15) is 5.78 Å². The Morgan fingerprint density at radius 1 is 1.39 bits per heavy atom. The predicted molar refractivity (Wildman–Crippen MR) is 59.2 cm³/mol. The molecule has 2 rings (SSSR count). The lowest BCUT2D eigenvalue weighted by Gasteiger charge is -2.46. The molecule has 1 saturated heterocycles. The molecule has 1 spiro atoms. The van der Waals surface area contributed by atoms with Crippen molar-refractivity contribution in [3.05, 3.63) is 0 Å². The highest BCUT2D eigenvalue weighted by atomic mass is 19.4. The third-order valence-electron chi connectivity index (χ3n) is 3.84. The van der Waals surface area contributed by atoms with E-state index in [0.29, 0.717) is 19.4 Å². The number of alkyl halides is 3. The zero-order chi connectivity index (χ0) is 13.2. The number of rotatable bonds is 4. The van der Waals surface area contributed by atoms with E-state index in [4.69, 9.17) is 4.74 Å². The van der Waals surface area contributed by atoms with E-state index >= 15 is 0 Å². The van der Waals surface area contributed by atoms with Crippen molar-refractivity contribution in [2.45, 2.75) is 43.9 Å². The molecule has 104 valence electrons. The monoisotopic (exact) mass is 265 g/mol. The summed E-state index contributed by atoms with van der Waals surface area (Å²) >= 11 is 0. The fourth-order valence-corrected chi connectivity index (χ4v) is 2.69. The molecule has 1 aliphatic heterocycles. The highest BCUT2D eigenvalue weighted by molar-refractivity contribution is 5.83. The van der Waals surface area contributed by atoms with Crippen molar-refractivity contribution < 1.29 is 22.7 Å². The van der Waals surface area contributed by atoms with Crippen molar-refractivity contribution in [2.24, 2.45) is 5.92 Å². The van der Waals surface area contributed by atoms with Crippen LogP contribution >= 0.6 is 0 Å². The number of ether oxygens (including phenoxy) is 1. The molecular weight excluding hydrogens is 247 g/mol. The van der Waals surface area contributed by atoms with Crippen molar-refractivity contribution in [2.75, 3.05) is 19.7 Å². The minimum atomic E-state index is -4.26. The molecule has 1 saturated carbocycles. The summed E-state index contributed by atoms with van der Waals surface area (Å²) in [7, 11) is 0. The number of carbonyl (C=O) groups excluding carboxylic acids is 1. The first-order valence-electron chi connectivity index (χ1n) is 6.34. The number of nitrogens with one attached hydrogen (secondary N) is 1. The molecule has 1 heterocycles. The topological polar surface area (TPSA) is 38.3 Å². The van der Waals surface area contributed by atoms with Gasteiger partial charge in [-0.2, -0.15) is 13.2 Å². The van der Waals surface area contributed by atoms with Crippen LogP contribution < -0.4 is 5.32 Å². The van der Waals surface area contributed by atoms with E-state index in [1.54, 1.807) is 0 Å². The van der Waals surface area contributed by atoms with Gasteiger partial charge in [-0.25, -0.2) is 0 Å². The number of carbonyl (C=O) groups is 1. The van der Waals surface area contributed by atoms with Crippen LogP contribution in [0.1, 0.15) is 32.1 Å². The van der Waals surface area contributed by atoms with Crippen LogP contribution in [0.4, 0.5) is 13.2 Å². The number of hydrogen-bond donors (Lipinski definition) is 1. The number of hydrogen-bond acceptors (Lipinski definition) is 3. The minimum absolute atomic E-state index is 0.117. The summed E-state index contributed by atoms with van der Waals surface area (Å²) < 4.78 is 41.5. The molecule has 1 N–H and O–H groups in total. The van der Waals surface area contributed by atoms with Crippen LogP contribution in [-0.2, 0) is 9.53 Å². The van der Waals surface area contributed by atoms with E-state index in [1.807, 2.05) is 0 Å². The Kier molecular flexibility index (Phi) is 3.96. The highest BCUT2D eigenvalue weighted by Crippen LogP contribution is 2.44. The van der Waals surface area contributed by atoms with Gasteiger partial charge in [0.15, 0.2) is 0 Å². The van der Waals surface area contributed by atoms with Crippen molar-refractivity contribution in [1.82, 2.24) is 5.32 Å². The molecule has 2 aliphatic rings. The van der Waals surface area contributed by atoms with Crippen LogP contribution in [0.3, 0.4) is 0 Å². The zero-order valence-corrected chi connectivity index (χ0v) is 10.2. The molecule has 0 amide bonds. The quantitative estimate of drug-likeness (QED) is 0.845. The van der Waals surface area contributed by atoms with Gasteiger partial charge < -0.3 is 10.1 Å². The molecule has 0 aromatic rings. The molecule has 0 radical (unpaired) electrons. The molecule has 0 aromatic carbocycles. The summed E-state index contributed by atoms with van der Waals surface area (Å²) in [4.78, 5) is 11.8. The molecule has 3 nitrogen and oxygen atoms in total. The van der Waals surface area contributed by atoms with Gasteiger partial charge in [-0.15, -0.1) is 0 Å². The minimum Gasteiger partial charge on any atom is -0.375 e. The SMILES string of the molecule is O=C(CNCC(F)(F)F)C1CCOC2(CCC2)C1. The Hall–Kier alpha value is -0.620. The second kappa shape index (κ2) is 5.17. The van der Waals surface area contributed by atoms with Crippen LogP contribution in [0, 0.1) is 5.92 Å². The molecule has 0 aromatic heterocycles. The Labute approximate surface area is 104 Å². The standard InChI is InChI=1S/C12H18F3NO2/c13-12(14,15)8-16-7-10(17)9-2-5-18-11(6-9)3-1-4-11/h9,16H,1-8H2. The van der Waals surface area contributed by atoms with Gasteiger partial charge in [0.05, 0.1) is 18.7 Å². The first-order chi connectivity index (χ1) is 8.40. The Balaban J connectivity index is 1.75. The summed E-state index contributed by atoms with van der Waals surface area (Å²) in [6.45, 7) is -0.747. The number of Topliss-reactive ketones (excluding diaryl/α,β-unsaturated/α-hetero) is 1. The summed E-state index contributed by atoms with van der Waals surface area (Å²) in [5, 5.41) is 2.17. The third kappa shape index (κ3) is 3.45. The van der Waals surface area contributed by atoms with E-state index in [2.05, 4.69) is 5.32 Å². The lowest BCUT2D eigenvalue weighted by Crippen LogP contribution is -2.48. The van der Waals surface area contributed by atoms with Gasteiger partial charge in [-0.3, -0.25) is 4.79 Å². The summed E-state index contributed by atoms with van der Waals surface area (Å²) in [5.41, 5.74) is -0.136. The maximum absolute atomic E-state index is 11.9. The van der Waals surface area contributed by atoms with Crippen molar-refractivity contribution in [1.29, 1.82) is 0 Å². The maximum Gasteiger partial charge on any atom is 0.401 e. The highest BCUT2D eigenvalue weighted by Gasteiger charge is 2.44. The number of halogens is 3. The first kappa shape index (κ1) is 13.8. The molecular formula is C12H18F3NO2. The first-order valence-corrected chi connectivity index (χ1v) is 6.34. The lowest BCUT2D eigenvalue weighted by molar-refractivity contribution is -0.155. The maximum atomic E-state index is 11.9. The normalized spacial score (nSPS) is 26.9. The zero-order valence-electron chi connectivity index (χ0n) is 10.2. The smallest absolute Gasteiger partial charge is 0.375 e. The van der Waals surface area contributed by atoms with Crippen LogP contribution in [0.5, 0.6) is 0 Å². The Bertz CT molecular complexity index is 313. The number of ketones is 1. The molecule has 2 fully saturated rings. The Morgan fingerprint density at radius 2 is 2.11 bits per heavy atom. The molecule has 18 heavy (non-hydrogen) atoms. The molecule has 1 aliphatic carbocycles. The average molecular weight is 265 g/mol. The second-order valence-corrected chi connectivity index (χ2v) is 5.26. The molecule has 0 bridgehead atoms. The summed E-state index contributed by atoms with van der Waals surface area (Å²) in [5.74, 6) is -0.256.